The lowest BCUT2D eigenvalue weighted by Gasteiger charge is -2.42. The highest BCUT2D eigenvalue weighted by molar-refractivity contribution is 7.84. The number of oxime groups is 1. The van der Waals surface area contributed by atoms with Crippen LogP contribution in [-0.2, 0) is 29.5 Å². The molecule has 2 heterocycles. The van der Waals surface area contributed by atoms with E-state index in [1.54, 1.807) is 38.3 Å². The molecule has 15 heteroatoms. The van der Waals surface area contributed by atoms with Gasteiger partial charge < -0.3 is 25.3 Å². The van der Waals surface area contributed by atoms with Crippen molar-refractivity contribution in [3.63, 3.8) is 0 Å². The summed E-state index contributed by atoms with van der Waals surface area (Å²) in [5.41, 5.74) is -0.946. The third-order valence-electron chi connectivity index (χ3n) is 4.21. The minimum absolute atomic E-state index is 0.204. The van der Waals surface area contributed by atoms with Crippen LogP contribution in [-0.4, -0.2) is 82.9 Å². The van der Waals surface area contributed by atoms with Crippen molar-refractivity contribution >= 4 is 45.3 Å². The molecular weight excluding hydrogens is 480 g/mol. The largest absolute Gasteiger partial charge is 0.444 e. The van der Waals surface area contributed by atoms with Gasteiger partial charge in [0.2, 0.25) is 0 Å². The lowest BCUT2D eigenvalue weighted by molar-refractivity contribution is -0.143. The second-order valence-electron chi connectivity index (χ2n) is 8.04. The highest BCUT2D eigenvalue weighted by atomic mass is 32.2. The second-order valence-corrected chi connectivity index (χ2v) is 10.3. The molecule has 0 bridgehead atoms. The van der Waals surface area contributed by atoms with Gasteiger partial charge in [0.1, 0.15) is 18.2 Å². The minimum atomic E-state index is -4.73. The minimum Gasteiger partial charge on any atom is -0.444 e. The predicted octanol–water partition coefficient (Wildman–Crippen LogP) is -0.127. The van der Waals surface area contributed by atoms with Crippen molar-refractivity contribution in [1.29, 1.82) is 0 Å². The van der Waals surface area contributed by atoms with E-state index in [0.717, 1.165) is 11.3 Å². The summed E-state index contributed by atoms with van der Waals surface area (Å²) in [6.07, 6.45) is -0.772. The van der Waals surface area contributed by atoms with Crippen molar-refractivity contribution in [3.8, 4) is 0 Å². The number of thiophene rings is 1. The number of aliphatic hydroxyl groups excluding tert-OH is 1. The number of nitrogens with one attached hydrogen (secondary N) is 2. The Labute approximate surface area is 194 Å². The van der Waals surface area contributed by atoms with E-state index >= 15 is 0 Å². The quantitative estimate of drug-likeness (QED) is 0.153. The zero-order valence-corrected chi connectivity index (χ0v) is 20.0. The van der Waals surface area contributed by atoms with Crippen LogP contribution in [0.5, 0.6) is 0 Å². The molecular formula is C18H26N4O9S2. The fourth-order valence-electron chi connectivity index (χ4n) is 2.73. The summed E-state index contributed by atoms with van der Waals surface area (Å²) in [4.78, 5) is 42.2. The Bertz CT molecular complexity index is 1000. The summed E-state index contributed by atoms with van der Waals surface area (Å²) in [6.45, 7) is 5.58. The van der Waals surface area contributed by atoms with Crippen molar-refractivity contribution in [2.75, 3.05) is 13.2 Å². The number of rotatable bonds is 9. The van der Waals surface area contributed by atoms with Crippen LogP contribution >= 0.6 is 11.3 Å². The van der Waals surface area contributed by atoms with Gasteiger partial charge in [-0.3, -0.25) is 14.1 Å². The Morgan fingerprint density at radius 1 is 1.36 bits per heavy atom. The van der Waals surface area contributed by atoms with E-state index in [9.17, 15) is 27.9 Å². The molecule has 4 N–H and O–H groups in total. The van der Waals surface area contributed by atoms with Crippen LogP contribution in [0.15, 0.2) is 22.7 Å². The van der Waals surface area contributed by atoms with Crippen LogP contribution in [0.3, 0.4) is 0 Å². The summed E-state index contributed by atoms with van der Waals surface area (Å²) in [5.74, 6) is -1.81. The molecule has 1 aromatic heterocycles. The summed E-state index contributed by atoms with van der Waals surface area (Å²) >= 11 is 1.16. The molecule has 1 unspecified atom stereocenters. The predicted molar refractivity (Wildman–Crippen MR) is 117 cm³/mol. The molecule has 0 aromatic carbocycles. The van der Waals surface area contributed by atoms with Gasteiger partial charge >= 0.3 is 16.4 Å². The van der Waals surface area contributed by atoms with Crippen LogP contribution < -0.4 is 10.6 Å². The van der Waals surface area contributed by atoms with Gasteiger partial charge in [0.25, 0.3) is 11.8 Å². The molecule has 1 aliphatic rings. The van der Waals surface area contributed by atoms with Crippen LogP contribution in [0.1, 0.15) is 32.6 Å². The third-order valence-corrected chi connectivity index (χ3v) is 6.10. The molecule has 2 rings (SSSR count). The van der Waals surface area contributed by atoms with E-state index in [4.69, 9.17) is 14.1 Å². The van der Waals surface area contributed by atoms with Gasteiger partial charge in [-0.15, -0.1) is 11.3 Å². The summed E-state index contributed by atoms with van der Waals surface area (Å²) < 4.78 is 36.9. The van der Waals surface area contributed by atoms with Crippen molar-refractivity contribution in [1.82, 2.24) is 14.9 Å². The average molecular weight is 507 g/mol. The molecule has 1 aliphatic heterocycles. The molecule has 1 saturated heterocycles. The lowest BCUT2D eigenvalue weighted by Crippen LogP contribution is -2.71. The van der Waals surface area contributed by atoms with Crippen LogP contribution in [0, 0.1) is 0 Å². The van der Waals surface area contributed by atoms with E-state index in [1.807, 2.05) is 0 Å². The number of carbonyl (C=O) groups excluding carboxylic acids is 3. The first-order chi connectivity index (χ1) is 15.2. The normalized spacial score (nSPS) is 20.0. The molecule has 1 fully saturated rings. The van der Waals surface area contributed by atoms with Crippen LogP contribution in [0.25, 0.3) is 0 Å². The Hall–Kier alpha value is -2.75. The van der Waals surface area contributed by atoms with Crippen molar-refractivity contribution in [2.24, 2.45) is 5.16 Å². The highest BCUT2D eigenvalue weighted by Gasteiger charge is 2.51. The molecule has 1 aromatic rings. The number of ether oxygens (including phenoxy) is 1. The molecule has 13 nitrogen and oxygen atoms in total. The van der Waals surface area contributed by atoms with Gasteiger partial charge in [0.05, 0.1) is 23.6 Å². The molecule has 33 heavy (non-hydrogen) atoms. The Morgan fingerprint density at radius 3 is 2.52 bits per heavy atom. The van der Waals surface area contributed by atoms with E-state index in [1.165, 1.54) is 6.92 Å². The maximum atomic E-state index is 12.7. The smallest absolute Gasteiger partial charge is 0.408 e. The molecule has 0 aliphatic carbocycles. The topological polar surface area (TPSA) is 184 Å². The van der Waals surface area contributed by atoms with Gasteiger partial charge in [0.15, 0.2) is 5.71 Å². The molecule has 184 valence electrons. The SMILES string of the molecule is C[C@H]1[C@H](NC(=O)/C(=N\OCC(CO)NC(=O)OC(C)(C)C)c2cccs2)C(=O)N1S(=O)(=O)O. The summed E-state index contributed by atoms with van der Waals surface area (Å²) in [7, 11) is -4.73. The number of hydrogen-bond acceptors (Lipinski definition) is 10. The number of hydrogen-bond donors (Lipinski definition) is 4. The van der Waals surface area contributed by atoms with Gasteiger partial charge in [-0.1, -0.05) is 11.2 Å². The van der Waals surface area contributed by atoms with E-state index in [0.29, 0.717) is 4.88 Å². The van der Waals surface area contributed by atoms with Crippen molar-refractivity contribution in [3.05, 3.63) is 22.4 Å². The highest BCUT2D eigenvalue weighted by Crippen LogP contribution is 2.23. The molecule has 0 saturated carbocycles. The second kappa shape index (κ2) is 10.5. The molecule has 0 spiro atoms. The maximum Gasteiger partial charge on any atom is 0.408 e. The number of alkyl carbamates (subject to hydrolysis) is 1. The van der Waals surface area contributed by atoms with Gasteiger partial charge in [-0.2, -0.15) is 8.42 Å². The number of β-lactam (4-membered cyclic amide) rings is 1. The number of nitrogens with zero attached hydrogens (tertiary/aromatic N) is 2. The van der Waals surface area contributed by atoms with Crippen molar-refractivity contribution < 1.29 is 42.0 Å². The number of aliphatic hydroxyl groups is 1. The first-order valence-electron chi connectivity index (χ1n) is 9.70. The van der Waals surface area contributed by atoms with E-state index in [2.05, 4.69) is 15.8 Å². The molecule has 3 amide bonds. The fourth-order valence-corrected chi connectivity index (χ4v) is 4.32. The van der Waals surface area contributed by atoms with Gasteiger partial charge in [0, 0.05) is 0 Å². The fraction of sp³-hybridized carbons (Fsp3) is 0.556. The van der Waals surface area contributed by atoms with Crippen LogP contribution in [0.4, 0.5) is 4.79 Å². The standard InChI is InChI=1S/C18H26N4O9S2/c1-10-13(16(25)22(10)33(27,28)29)20-15(24)14(12-6-5-7-32-12)21-30-9-11(8-23)19-17(26)31-18(2,3)4/h5-7,10-11,13,23H,8-9H2,1-4H3,(H,19,26)(H,20,24)(H,27,28,29)/b21-14-/t10-,11?,13-/m0/s1. The lowest BCUT2D eigenvalue weighted by atomic mass is 10.0. The Kier molecular flexibility index (Phi) is 8.40. The zero-order valence-electron chi connectivity index (χ0n) is 18.3. The third kappa shape index (κ3) is 7.12. The van der Waals surface area contributed by atoms with Gasteiger partial charge in [-0.05, 0) is 39.1 Å². The number of carbonyl (C=O) groups is 3. The summed E-state index contributed by atoms with van der Waals surface area (Å²) in [5, 5.41) is 19.7. The Morgan fingerprint density at radius 2 is 2.03 bits per heavy atom. The summed E-state index contributed by atoms with van der Waals surface area (Å²) in [6, 6.07) is 0.154. The monoisotopic (exact) mass is 506 g/mol. The van der Waals surface area contributed by atoms with E-state index in [-0.39, 0.29) is 16.6 Å². The molecule has 3 atom stereocenters. The first kappa shape index (κ1) is 26.5. The first-order valence-corrected chi connectivity index (χ1v) is 12.0. The van der Waals surface area contributed by atoms with Crippen molar-refractivity contribution in [2.45, 2.75) is 51.4 Å². The van der Waals surface area contributed by atoms with Gasteiger partial charge in [-0.25, -0.2) is 9.10 Å². The average Bonchev–Trinajstić information content (AvgIpc) is 3.20. The molecule has 0 radical (unpaired) electrons. The maximum absolute atomic E-state index is 12.7. The zero-order chi connectivity index (χ0) is 25.0. The van der Waals surface area contributed by atoms with Crippen LogP contribution in [0.2, 0.25) is 0 Å². The number of amides is 3. The Balaban J connectivity index is 2.05. The van der Waals surface area contributed by atoms with E-state index < -0.39 is 58.5 Å².